The minimum absolute atomic E-state index is 0.0819. The number of carbonyl (C=O) groups is 1. The zero-order valence-corrected chi connectivity index (χ0v) is 14.8. The first kappa shape index (κ1) is 17.1. The summed E-state index contributed by atoms with van der Waals surface area (Å²) < 4.78 is 0.795. The van der Waals surface area contributed by atoms with E-state index < -0.39 is 0 Å². The molecule has 2 heterocycles. The number of nitrogens with zero attached hydrogens (tertiary/aromatic N) is 2. The van der Waals surface area contributed by atoms with Gasteiger partial charge in [0.15, 0.2) is 6.20 Å². The maximum Gasteiger partial charge on any atom is 0.251 e. The third kappa shape index (κ3) is 4.02. The average Bonchev–Trinajstić information content (AvgIpc) is 3.04. The Morgan fingerprint density at radius 1 is 1.29 bits per heavy atom. The van der Waals surface area contributed by atoms with Gasteiger partial charge in [-0.05, 0) is 48.7 Å². The van der Waals surface area contributed by atoms with Crippen LogP contribution in [-0.2, 0) is 11.2 Å². The molecule has 1 aromatic carbocycles. The Balaban J connectivity index is 1.61. The smallest absolute Gasteiger partial charge is 0.251 e. The van der Waals surface area contributed by atoms with E-state index in [-0.39, 0.29) is 17.7 Å². The monoisotopic (exact) mass is 362 g/mol. The molecule has 2 aromatic rings. The van der Waals surface area contributed by atoms with E-state index in [4.69, 9.17) is 11.6 Å². The zero-order valence-electron chi connectivity index (χ0n) is 13.2. The third-order valence-electron chi connectivity index (χ3n) is 4.24. The van der Waals surface area contributed by atoms with Crippen LogP contribution in [0.3, 0.4) is 0 Å². The molecular formula is C18H19ClN2O2S. The van der Waals surface area contributed by atoms with Crippen molar-refractivity contribution in [3.05, 3.63) is 64.5 Å². The second kappa shape index (κ2) is 7.90. The van der Waals surface area contributed by atoms with Crippen LogP contribution in [-0.4, -0.2) is 29.1 Å². The van der Waals surface area contributed by atoms with E-state index >= 15 is 0 Å². The van der Waals surface area contributed by atoms with E-state index in [1.54, 1.807) is 18.2 Å². The van der Waals surface area contributed by atoms with Crippen LogP contribution >= 0.6 is 23.4 Å². The molecule has 1 aliphatic rings. The summed E-state index contributed by atoms with van der Waals surface area (Å²) in [7, 11) is 0. The topological polar surface area (TPSA) is 47.2 Å². The average molecular weight is 363 g/mol. The van der Waals surface area contributed by atoms with Crippen LogP contribution in [0.15, 0.2) is 53.7 Å². The van der Waals surface area contributed by atoms with E-state index in [9.17, 15) is 10.0 Å². The molecule has 0 N–H and O–H groups in total. The second-order valence-electron chi connectivity index (χ2n) is 5.83. The van der Waals surface area contributed by atoms with Crippen molar-refractivity contribution in [2.75, 3.05) is 12.3 Å². The Morgan fingerprint density at radius 3 is 2.88 bits per heavy atom. The highest BCUT2D eigenvalue weighted by molar-refractivity contribution is 7.99. The molecule has 1 aromatic heterocycles. The number of aromatic nitrogens is 1. The predicted molar refractivity (Wildman–Crippen MR) is 96.0 cm³/mol. The molecule has 1 amide bonds. The molecule has 126 valence electrons. The standard InChI is InChI=1S/C18H19ClN2O2S/c19-16-8-2-1-6-14(16)12-15-7-5-10-20(15)17(22)13-24-18-9-3-4-11-21(18)23/h1-4,6,8-9,11,15H,5,7,10,12-13H2/t15-/m0/s1. The van der Waals surface area contributed by atoms with Gasteiger partial charge in [0.25, 0.3) is 5.03 Å². The summed E-state index contributed by atoms with van der Waals surface area (Å²) in [5.41, 5.74) is 1.08. The molecule has 1 fully saturated rings. The first-order valence-corrected chi connectivity index (χ1v) is 9.35. The highest BCUT2D eigenvalue weighted by Gasteiger charge is 2.29. The van der Waals surface area contributed by atoms with Crippen LogP contribution < -0.4 is 4.73 Å². The molecular weight excluding hydrogens is 344 g/mol. The van der Waals surface area contributed by atoms with Crippen LogP contribution in [0, 0.1) is 5.21 Å². The molecule has 0 aliphatic carbocycles. The van der Waals surface area contributed by atoms with Gasteiger partial charge in [0, 0.05) is 29.7 Å². The molecule has 1 saturated heterocycles. The van der Waals surface area contributed by atoms with Gasteiger partial charge < -0.3 is 10.1 Å². The molecule has 4 nitrogen and oxygen atoms in total. The van der Waals surface area contributed by atoms with E-state index in [0.717, 1.165) is 41.1 Å². The summed E-state index contributed by atoms with van der Waals surface area (Å²) in [6.07, 6.45) is 4.23. The van der Waals surface area contributed by atoms with Gasteiger partial charge in [-0.3, -0.25) is 4.79 Å². The molecule has 0 bridgehead atoms. The first-order chi connectivity index (χ1) is 11.6. The fourth-order valence-corrected chi connectivity index (χ4v) is 4.05. The summed E-state index contributed by atoms with van der Waals surface area (Å²) in [6.45, 7) is 0.778. The lowest BCUT2D eigenvalue weighted by atomic mass is 10.0. The molecule has 0 unspecified atom stereocenters. The Bertz CT molecular complexity index is 726. The number of thioether (sulfide) groups is 1. The van der Waals surface area contributed by atoms with Gasteiger partial charge in [-0.25, -0.2) is 0 Å². The normalized spacial score (nSPS) is 17.2. The number of benzene rings is 1. The molecule has 0 radical (unpaired) electrons. The summed E-state index contributed by atoms with van der Waals surface area (Å²) in [5.74, 6) is 0.365. The summed E-state index contributed by atoms with van der Waals surface area (Å²) >= 11 is 7.53. The molecule has 3 rings (SSSR count). The summed E-state index contributed by atoms with van der Waals surface area (Å²) in [4.78, 5) is 14.5. The number of hydrogen-bond donors (Lipinski definition) is 0. The van der Waals surface area contributed by atoms with Crippen molar-refractivity contribution in [2.45, 2.75) is 30.3 Å². The van der Waals surface area contributed by atoms with E-state index in [1.807, 2.05) is 29.2 Å². The largest absolute Gasteiger partial charge is 0.618 e. The lowest BCUT2D eigenvalue weighted by Gasteiger charge is -2.25. The lowest BCUT2D eigenvalue weighted by molar-refractivity contribution is -0.645. The minimum atomic E-state index is 0.0819. The summed E-state index contributed by atoms with van der Waals surface area (Å²) in [5, 5.41) is 13.0. The van der Waals surface area contributed by atoms with Crippen molar-refractivity contribution >= 4 is 29.3 Å². The molecule has 1 aliphatic heterocycles. The number of hydrogen-bond acceptors (Lipinski definition) is 3. The third-order valence-corrected chi connectivity index (χ3v) is 5.61. The lowest BCUT2D eigenvalue weighted by Crippen LogP contribution is -2.38. The number of pyridine rings is 1. The maximum absolute atomic E-state index is 12.6. The van der Waals surface area contributed by atoms with Gasteiger partial charge in [-0.2, -0.15) is 4.73 Å². The molecule has 1 atom stereocenters. The van der Waals surface area contributed by atoms with Gasteiger partial charge in [0.05, 0.1) is 5.75 Å². The predicted octanol–water partition coefficient (Wildman–Crippen LogP) is 3.30. The minimum Gasteiger partial charge on any atom is -0.618 e. The van der Waals surface area contributed by atoms with E-state index in [2.05, 4.69) is 0 Å². The Morgan fingerprint density at radius 2 is 2.08 bits per heavy atom. The van der Waals surface area contributed by atoms with Crippen LogP contribution in [0.1, 0.15) is 18.4 Å². The summed E-state index contributed by atoms with van der Waals surface area (Å²) in [6, 6.07) is 13.2. The van der Waals surface area contributed by atoms with E-state index in [0.29, 0.717) is 5.03 Å². The van der Waals surface area contributed by atoms with Crippen LogP contribution in [0.2, 0.25) is 5.02 Å². The number of halogens is 1. The Labute approximate surface area is 151 Å². The number of carbonyl (C=O) groups excluding carboxylic acids is 1. The Kier molecular flexibility index (Phi) is 5.63. The van der Waals surface area contributed by atoms with Gasteiger partial charge in [-0.15, -0.1) is 0 Å². The van der Waals surface area contributed by atoms with E-state index in [1.165, 1.54) is 18.0 Å². The Hall–Kier alpha value is -1.72. The fraction of sp³-hybridized carbons (Fsp3) is 0.333. The van der Waals surface area contributed by atoms with Crippen molar-refractivity contribution in [2.24, 2.45) is 0 Å². The second-order valence-corrected chi connectivity index (χ2v) is 7.23. The number of amides is 1. The van der Waals surface area contributed by atoms with Crippen molar-refractivity contribution < 1.29 is 9.52 Å². The van der Waals surface area contributed by atoms with Crippen LogP contribution in [0.25, 0.3) is 0 Å². The van der Waals surface area contributed by atoms with Crippen molar-refractivity contribution in [3.63, 3.8) is 0 Å². The fourth-order valence-electron chi connectivity index (χ4n) is 3.04. The van der Waals surface area contributed by atoms with Gasteiger partial charge in [0.1, 0.15) is 0 Å². The zero-order chi connectivity index (χ0) is 16.9. The maximum atomic E-state index is 12.6. The highest BCUT2D eigenvalue weighted by atomic mass is 35.5. The van der Waals surface area contributed by atoms with Crippen LogP contribution in [0.4, 0.5) is 0 Å². The van der Waals surface area contributed by atoms with Crippen molar-refractivity contribution in [3.8, 4) is 0 Å². The van der Waals surface area contributed by atoms with Gasteiger partial charge >= 0.3 is 0 Å². The molecule has 0 spiro atoms. The molecule has 0 saturated carbocycles. The first-order valence-electron chi connectivity index (χ1n) is 7.99. The highest BCUT2D eigenvalue weighted by Crippen LogP contribution is 2.26. The number of likely N-dealkylation sites (tertiary alicyclic amines) is 1. The van der Waals surface area contributed by atoms with Crippen molar-refractivity contribution in [1.82, 2.24) is 4.90 Å². The van der Waals surface area contributed by atoms with Crippen molar-refractivity contribution in [1.29, 1.82) is 0 Å². The van der Waals surface area contributed by atoms with Crippen LogP contribution in [0.5, 0.6) is 0 Å². The van der Waals surface area contributed by atoms with Gasteiger partial charge in [0.2, 0.25) is 5.91 Å². The quantitative estimate of drug-likeness (QED) is 0.466. The number of rotatable bonds is 5. The SMILES string of the molecule is O=C(CSc1cccc[n+]1[O-])N1CCC[C@H]1Cc1ccccc1Cl. The molecule has 6 heteroatoms. The van der Waals surface area contributed by atoms with Gasteiger partial charge in [-0.1, -0.05) is 29.8 Å². The molecule has 24 heavy (non-hydrogen) atoms.